The molecular weight excluding hydrogens is 146 g/mol. The van der Waals surface area contributed by atoms with Crippen molar-refractivity contribution < 1.29 is 0 Å². The molecule has 3 unspecified atom stereocenters. The van der Waals surface area contributed by atoms with Crippen molar-refractivity contribution in [2.45, 2.75) is 44.6 Å². The molecule has 1 heteroatoms. The van der Waals surface area contributed by atoms with Gasteiger partial charge in [-0.1, -0.05) is 6.42 Å². The minimum atomic E-state index is 1.01. The van der Waals surface area contributed by atoms with Gasteiger partial charge in [0.2, 0.25) is 0 Å². The fourth-order valence-electron chi connectivity index (χ4n) is 3.74. The Bertz CT molecular complexity index is 178. The molecule has 1 nitrogen and oxygen atoms in total. The van der Waals surface area contributed by atoms with E-state index < -0.39 is 0 Å². The molecule has 2 heterocycles. The monoisotopic (exact) mass is 165 g/mol. The third-order valence-electron chi connectivity index (χ3n) is 4.28. The second kappa shape index (κ2) is 2.73. The van der Waals surface area contributed by atoms with Crippen molar-refractivity contribution in [3.05, 3.63) is 0 Å². The highest BCUT2D eigenvalue weighted by atomic mass is 15.2. The lowest BCUT2D eigenvalue weighted by molar-refractivity contribution is 0.0597. The highest BCUT2D eigenvalue weighted by molar-refractivity contribution is 4.94. The molecule has 3 aliphatic rings. The molecule has 1 aliphatic carbocycles. The Labute approximate surface area is 75.1 Å². The Morgan fingerprint density at radius 1 is 1.00 bits per heavy atom. The molecule has 0 spiro atoms. The number of rotatable bonds is 0. The van der Waals surface area contributed by atoms with Gasteiger partial charge in [-0.3, -0.25) is 4.90 Å². The van der Waals surface area contributed by atoms with Gasteiger partial charge in [-0.05, 0) is 50.5 Å². The summed E-state index contributed by atoms with van der Waals surface area (Å²) in [5.74, 6) is 2.19. The number of fused-ring (bicyclic) bond motifs is 4. The summed E-state index contributed by atoms with van der Waals surface area (Å²) in [7, 11) is 0. The van der Waals surface area contributed by atoms with E-state index in [4.69, 9.17) is 0 Å². The van der Waals surface area contributed by atoms with Gasteiger partial charge in [-0.25, -0.2) is 0 Å². The fourth-order valence-corrected chi connectivity index (χ4v) is 3.74. The SMILES string of the molecule is C1CCN2CC3CCC(C3)C2C1. The van der Waals surface area contributed by atoms with Crippen LogP contribution >= 0.6 is 0 Å². The molecule has 68 valence electrons. The lowest BCUT2D eigenvalue weighted by atomic mass is 9.85. The molecule has 0 amide bonds. The molecule has 2 bridgehead atoms. The van der Waals surface area contributed by atoms with Crippen molar-refractivity contribution in [2.24, 2.45) is 11.8 Å². The molecule has 0 aromatic carbocycles. The van der Waals surface area contributed by atoms with Gasteiger partial charge in [0.05, 0.1) is 0 Å². The van der Waals surface area contributed by atoms with Gasteiger partial charge in [0.15, 0.2) is 0 Å². The third kappa shape index (κ3) is 1.02. The van der Waals surface area contributed by atoms with Gasteiger partial charge in [-0.2, -0.15) is 0 Å². The molecule has 3 atom stereocenters. The van der Waals surface area contributed by atoms with Gasteiger partial charge < -0.3 is 0 Å². The van der Waals surface area contributed by atoms with Crippen LogP contribution in [0.1, 0.15) is 38.5 Å². The number of hydrogen-bond donors (Lipinski definition) is 0. The first kappa shape index (κ1) is 7.37. The van der Waals surface area contributed by atoms with E-state index in [1.165, 1.54) is 38.8 Å². The predicted molar refractivity (Wildman–Crippen MR) is 50.0 cm³/mol. The molecule has 0 radical (unpaired) electrons. The van der Waals surface area contributed by atoms with Crippen LogP contribution in [0.2, 0.25) is 0 Å². The lowest BCUT2D eigenvalue weighted by Crippen LogP contribution is -2.48. The Kier molecular flexibility index (Phi) is 1.68. The van der Waals surface area contributed by atoms with Crippen molar-refractivity contribution in [2.75, 3.05) is 13.1 Å². The summed E-state index contributed by atoms with van der Waals surface area (Å²) < 4.78 is 0. The molecule has 1 saturated carbocycles. The van der Waals surface area contributed by atoms with Crippen LogP contribution in [-0.4, -0.2) is 24.0 Å². The van der Waals surface area contributed by atoms with Crippen molar-refractivity contribution >= 4 is 0 Å². The Hall–Kier alpha value is -0.0400. The first-order valence-electron chi connectivity index (χ1n) is 5.67. The summed E-state index contributed by atoms with van der Waals surface area (Å²) in [6, 6.07) is 1.01. The molecular formula is C11H19N. The molecule has 2 saturated heterocycles. The molecule has 0 aromatic rings. The average Bonchev–Trinajstić information content (AvgIpc) is 2.49. The number of nitrogens with zero attached hydrogens (tertiary/aromatic N) is 1. The van der Waals surface area contributed by atoms with Crippen LogP contribution in [0.3, 0.4) is 0 Å². The lowest BCUT2D eigenvalue weighted by Gasteiger charge is -2.43. The number of piperidine rings is 2. The summed E-state index contributed by atoms with van der Waals surface area (Å²) in [5, 5.41) is 0. The Balaban J connectivity index is 1.80. The molecule has 3 rings (SSSR count). The zero-order valence-electron chi connectivity index (χ0n) is 7.84. The van der Waals surface area contributed by atoms with Crippen LogP contribution in [0.25, 0.3) is 0 Å². The van der Waals surface area contributed by atoms with Gasteiger partial charge in [0.1, 0.15) is 0 Å². The topological polar surface area (TPSA) is 3.24 Å². The second-order valence-electron chi connectivity index (χ2n) is 5.00. The zero-order valence-corrected chi connectivity index (χ0v) is 7.84. The summed E-state index contributed by atoms with van der Waals surface area (Å²) >= 11 is 0. The van der Waals surface area contributed by atoms with Crippen LogP contribution in [0.5, 0.6) is 0 Å². The van der Waals surface area contributed by atoms with Gasteiger partial charge in [0.25, 0.3) is 0 Å². The third-order valence-corrected chi connectivity index (χ3v) is 4.28. The van der Waals surface area contributed by atoms with Crippen LogP contribution in [-0.2, 0) is 0 Å². The molecule has 0 aromatic heterocycles. The van der Waals surface area contributed by atoms with E-state index in [-0.39, 0.29) is 0 Å². The van der Waals surface area contributed by atoms with Crippen molar-refractivity contribution in [1.82, 2.24) is 4.90 Å². The highest BCUT2D eigenvalue weighted by Gasteiger charge is 2.40. The average molecular weight is 165 g/mol. The van der Waals surface area contributed by atoms with E-state index in [0.29, 0.717) is 0 Å². The first-order valence-corrected chi connectivity index (χ1v) is 5.67. The van der Waals surface area contributed by atoms with E-state index in [1.54, 1.807) is 12.8 Å². The Morgan fingerprint density at radius 3 is 3.00 bits per heavy atom. The van der Waals surface area contributed by atoms with E-state index in [1.807, 2.05) is 0 Å². The molecule has 2 aliphatic heterocycles. The normalized spacial score (nSPS) is 47.5. The fraction of sp³-hybridized carbons (Fsp3) is 1.00. The van der Waals surface area contributed by atoms with Gasteiger partial charge in [-0.15, -0.1) is 0 Å². The quantitative estimate of drug-likeness (QED) is 0.532. The van der Waals surface area contributed by atoms with Gasteiger partial charge in [0, 0.05) is 12.6 Å². The maximum absolute atomic E-state index is 2.80. The zero-order chi connectivity index (χ0) is 7.97. The summed E-state index contributed by atoms with van der Waals surface area (Å²) in [5.41, 5.74) is 0. The van der Waals surface area contributed by atoms with E-state index in [0.717, 1.165) is 17.9 Å². The minimum absolute atomic E-state index is 1.01. The maximum atomic E-state index is 2.80. The van der Waals surface area contributed by atoms with Crippen molar-refractivity contribution in [3.8, 4) is 0 Å². The predicted octanol–water partition coefficient (Wildman–Crippen LogP) is 2.27. The number of hydrogen-bond acceptors (Lipinski definition) is 1. The summed E-state index contributed by atoms with van der Waals surface area (Å²) in [6.07, 6.45) is 9.14. The van der Waals surface area contributed by atoms with Gasteiger partial charge >= 0.3 is 0 Å². The van der Waals surface area contributed by atoms with Crippen LogP contribution in [0.15, 0.2) is 0 Å². The largest absolute Gasteiger partial charge is 0.300 e. The van der Waals surface area contributed by atoms with Crippen LogP contribution in [0, 0.1) is 11.8 Å². The van der Waals surface area contributed by atoms with E-state index in [2.05, 4.69) is 4.90 Å². The standard InChI is InChI=1S/C11H19N/c1-2-6-12-8-9-4-5-10(7-9)11(12)3-1/h9-11H,1-8H2. The smallest absolute Gasteiger partial charge is 0.0124 e. The molecule has 0 N–H and O–H groups in total. The summed E-state index contributed by atoms with van der Waals surface area (Å²) in [4.78, 5) is 2.80. The summed E-state index contributed by atoms with van der Waals surface area (Å²) in [6.45, 7) is 2.86. The van der Waals surface area contributed by atoms with Crippen molar-refractivity contribution in [1.29, 1.82) is 0 Å². The first-order chi connectivity index (χ1) is 5.93. The minimum Gasteiger partial charge on any atom is -0.300 e. The van der Waals surface area contributed by atoms with Crippen LogP contribution < -0.4 is 0 Å². The maximum Gasteiger partial charge on any atom is 0.0124 e. The Morgan fingerprint density at radius 2 is 2.00 bits per heavy atom. The second-order valence-corrected chi connectivity index (χ2v) is 5.00. The van der Waals surface area contributed by atoms with E-state index in [9.17, 15) is 0 Å². The molecule has 3 fully saturated rings. The highest BCUT2D eigenvalue weighted by Crippen LogP contribution is 2.43. The molecule has 12 heavy (non-hydrogen) atoms. The van der Waals surface area contributed by atoms with Crippen molar-refractivity contribution in [3.63, 3.8) is 0 Å². The van der Waals surface area contributed by atoms with Crippen LogP contribution in [0.4, 0.5) is 0 Å². The van der Waals surface area contributed by atoms with E-state index >= 15 is 0 Å².